The molecule has 0 fully saturated rings. The molecule has 0 unspecified atom stereocenters. The summed E-state index contributed by atoms with van der Waals surface area (Å²) in [5, 5.41) is 3.49. The lowest BCUT2D eigenvalue weighted by atomic mass is 10.1. The fourth-order valence-electron chi connectivity index (χ4n) is 1.53. The average molecular weight is 235 g/mol. The van der Waals surface area contributed by atoms with E-state index in [1.54, 1.807) is 0 Å². The van der Waals surface area contributed by atoms with Crippen molar-refractivity contribution in [1.82, 2.24) is 5.32 Å². The van der Waals surface area contributed by atoms with E-state index in [4.69, 9.17) is 4.74 Å². The van der Waals surface area contributed by atoms with Crippen molar-refractivity contribution in [3.05, 3.63) is 35.4 Å². The summed E-state index contributed by atoms with van der Waals surface area (Å²) in [6.45, 7) is 11.1. The van der Waals surface area contributed by atoms with E-state index < -0.39 is 0 Å². The Morgan fingerprint density at radius 1 is 1.06 bits per heavy atom. The lowest BCUT2D eigenvalue weighted by Gasteiger charge is -2.20. The molecule has 0 amide bonds. The first-order chi connectivity index (χ1) is 8.01. The highest BCUT2D eigenvalue weighted by atomic mass is 16.5. The molecule has 0 atom stereocenters. The molecule has 2 heteroatoms. The average Bonchev–Trinajstić information content (AvgIpc) is 2.27. The summed E-state index contributed by atoms with van der Waals surface area (Å²) < 4.78 is 5.35. The Kier molecular flexibility index (Phi) is 5.66. The fraction of sp³-hybridized carbons (Fsp3) is 0.600. The number of benzene rings is 1. The normalized spacial score (nSPS) is 11.8. The predicted molar refractivity (Wildman–Crippen MR) is 73.2 cm³/mol. The van der Waals surface area contributed by atoms with E-state index in [1.807, 2.05) is 6.92 Å². The first-order valence-corrected chi connectivity index (χ1v) is 6.42. The van der Waals surface area contributed by atoms with Crippen LogP contribution < -0.4 is 5.32 Å². The second kappa shape index (κ2) is 6.77. The van der Waals surface area contributed by atoms with Crippen molar-refractivity contribution < 1.29 is 4.74 Å². The quantitative estimate of drug-likeness (QED) is 0.765. The van der Waals surface area contributed by atoms with Crippen molar-refractivity contribution in [2.75, 3.05) is 13.2 Å². The SMILES string of the molecule is CCOCCc1ccc(CNC(C)(C)C)cc1. The lowest BCUT2D eigenvalue weighted by molar-refractivity contribution is 0.151. The maximum Gasteiger partial charge on any atom is 0.0506 e. The Morgan fingerprint density at radius 2 is 1.65 bits per heavy atom. The van der Waals surface area contributed by atoms with Gasteiger partial charge in [-0.3, -0.25) is 0 Å². The fourth-order valence-corrected chi connectivity index (χ4v) is 1.53. The largest absolute Gasteiger partial charge is 0.381 e. The van der Waals surface area contributed by atoms with E-state index in [0.717, 1.165) is 26.2 Å². The second-order valence-corrected chi connectivity index (χ2v) is 5.37. The van der Waals surface area contributed by atoms with Crippen LogP contribution in [0.5, 0.6) is 0 Å². The molecule has 96 valence electrons. The van der Waals surface area contributed by atoms with E-state index in [1.165, 1.54) is 11.1 Å². The zero-order valence-corrected chi connectivity index (χ0v) is 11.5. The summed E-state index contributed by atoms with van der Waals surface area (Å²) in [5.74, 6) is 0. The molecule has 17 heavy (non-hydrogen) atoms. The number of rotatable bonds is 6. The summed E-state index contributed by atoms with van der Waals surface area (Å²) in [7, 11) is 0. The molecule has 1 rings (SSSR count). The molecule has 0 saturated heterocycles. The van der Waals surface area contributed by atoms with Gasteiger partial charge in [-0.2, -0.15) is 0 Å². The van der Waals surface area contributed by atoms with Gasteiger partial charge in [-0.05, 0) is 45.2 Å². The minimum atomic E-state index is 0.174. The molecule has 0 aliphatic carbocycles. The van der Waals surface area contributed by atoms with E-state index in [-0.39, 0.29) is 5.54 Å². The molecule has 0 radical (unpaired) electrons. The highest BCUT2D eigenvalue weighted by Gasteiger charge is 2.07. The van der Waals surface area contributed by atoms with Gasteiger partial charge in [0.25, 0.3) is 0 Å². The van der Waals surface area contributed by atoms with Gasteiger partial charge in [0.15, 0.2) is 0 Å². The van der Waals surface area contributed by atoms with Crippen LogP contribution in [0.15, 0.2) is 24.3 Å². The van der Waals surface area contributed by atoms with Crippen molar-refractivity contribution in [3.63, 3.8) is 0 Å². The van der Waals surface area contributed by atoms with Crippen LogP contribution in [0.4, 0.5) is 0 Å². The molecule has 0 spiro atoms. The summed E-state index contributed by atoms with van der Waals surface area (Å²) in [4.78, 5) is 0. The molecule has 0 saturated carbocycles. The lowest BCUT2D eigenvalue weighted by Crippen LogP contribution is -2.35. The van der Waals surface area contributed by atoms with Gasteiger partial charge in [-0.15, -0.1) is 0 Å². The van der Waals surface area contributed by atoms with Crippen LogP contribution in [-0.2, 0) is 17.7 Å². The van der Waals surface area contributed by atoms with Crippen molar-refractivity contribution >= 4 is 0 Å². The van der Waals surface area contributed by atoms with Gasteiger partial charge in [0, 0.05) is 18.7 Å². The first-order valence-electron chi connectivity index (χ1n) is 6.42. The third kappa shape index (κ3) is 6.44. The molecule has 0 aliphatic heterocycles. The maximum absolute atomic E-state index is 5.35. The molecule has 0 aromatic heterocycles. The Labute approximate surface area is 105 Å². The molecule has 0 bridgehead atoms. The van der Waals surface area contributed by atoms with Crippen LogP contribution in [0.3, 0.4) is 0 Å². The Morgan fingerprint density at radius 3 is 2.18 bits per heavy atom. The molecular formula is C15H25NO. The molecule has 0 heterocycles. The van der Waals surface area contributed by atoms with Crippen molar-refractivity contribution in [1.29, 1.82) is 0 Å². The van der Waals surface area contributed by atoms with Gasteiger partial charge >= 0.3 is 0 Å². The van der Waals surface area contributed by atoms with Gasteiger partial charge in [-0.25, -0.2) is 0 Å². The topological polar surface area (TPSA) is 21.3 Å². The zero-order chi connectivity index (χ0) is 12.7. The number of ether oxygens (including phenoxy) is 1. The van der Waals surface area contributed by atoms with Crippen molar-refractivity contribution in [2.24, 2.45) is 0 Å². The highest BCUT2D eigenvalue weighted by Crippen LogP contribution is 2.07. The minimum absolute atomic E-state index is 0.174. The maximum atomic E-state index is 5.35. The van der Waals surface area contributed by atoms with Crippen LogP contribution in [0.25, 0.3) is 0 Å². The van der Waals surface area contributed by atoms with Crippen LogP contribution in [-0.4, -0.2) is 18.8 Å². The second-order valence-electron chi connectivity index (χ2n) is 5.37. The number of hydrogen-bond donors (Lipinski definition) is 1. The van der Waals surface area contributed by atoms with Crippen LogP contribution in [0.2, 0.25) is 0 Å². The van der Waals surface area contributed by atoms with Gasteiger partial charge < -0.3 is 10.1 Å². The van der Waals surface area contributed by atoms with Crippen LogP contribution in [0.1, 0.15) is 38.8 Å². The third-order valence-electron chi connectivity index (χ3n) is 2.59. The van der Waals surface area contributed by atoms with Crippen molar-refractivity contribution in [2.45, 2.75) is 46.2 Å². The molecule has 1 aromatic carbocycles. The molecule has 1 aromatic rings. The van der Waals surface area contributed by atoms with E-state index >= 15 is 0 Å². The van der Waals surface area contributed by atoms with Gasteiger partial charge in [0.2, 0.25) is 0 Å². The van der Waals surface area contributed by atoms with E-state index in [2.05, 4.69) is 50.4 Å². The molecule has 0 aliphatic rings. The van der Waals surface area contributed by atoms with Gasteiger partial charge in [0.1, 0.15) is 0 Å². The first kappa shape index (κ1) is 14.2. The summed E-state index contributed by atoms with van der Waals surface area (Å²) in [6.07, 6.45) is 1.00. The van der Waals surface area contributed by atoms with E-state index in [9.17, 15) is 0 Å². The van der Waals surface area contributed by atoms with Crippen LogP contribution in [0, 0.1) is 0 Å². The van der Waals surface area contributed by atoms with Crippen molar-refractivity contribution in [3.8, 4) is 0 Å². The third-order valence-corrected chi connectivity index (χ3v) is 2.59. The van der Waals surface area contributed by atoms with Gasteiger partial charge in [-0.1, -0.05) is 24.3 Å². The minimum Gasteiger partial charge on any atom is -0.381 e. The summed E-state index contributed by atoms with van der Waals surface area (Å²) >= 11 is 0. The monoisotopic (exact) mass is 235 g/mol. The predicted octanol–water partition coefficient (Wildman–Crippen LogP) is 3.15. The Bertz CT molecular complexity index is 311. The van der Waals surface area contributed by atoms with E-state index in [0.29, 0.717) is 0 Å². The molecule has 2 nitrogen and oxygen atoms in total. The summed E-state index contributed by atoms with van der Waals surface area (Å²) in [5.41, 5.74) is 2.85. The van der Waals surface area contributed by atoms with Gasteiger partial charge in [0.05, 0.1) is 6.61 Å². The Hall–Kier alpha value is -0.860. The number of hydrogen-bond acceptors (Lipinski definition) is 2. The van der Waals surface area contributed by atoms with Crippen LogP contribution >= 0.6 is 0 Å². The molecule has 1 N–H and O–H groups in total. The molecular weight excluding hydrogens is 210 g/mol. The summed E-state index contributed by atoms with van der Waals surface area (Å²) in [6, 6.07) is 8.78. The Balaban J connectivity index is 2.39. The zero-order valence-electron chi connectivity index (χ0n) is 11.5. The number of nitrogens with one attached hydrogen (secondary N) is 1. The smallest absolute Gasteiger partial charge is 0.0506 e. The highest BCUT2D eigenvalue weighted by molar-refractivity contribution is 5.22. The standard InChI is InChI=1S/C15H25NO/c1-5-17-11-10-13-6-8-14(9-7-13)12-16-15(2,3)4/h6-9,16H,5,10-12H2,1-4H3.